The number of carbonyl (C=O) groups excluding carboxylic acids is 2. The minimum absolute atomic E-state index is 0.0641. The van der Waals surface area contributed by atoms with Crippen molar-refractivity contribution in [2.24, 2.45) is 0 Å². The molecule has 2 aromatic carbocycles. The molecule has 0 aliphatic carbocycles. The van der Waals surface area contributed by atoms with Crippen LogP contribution in [-0.4, -0.2) is 36.0 Å². The maximum Gasteiger partial charge on any atom is 0.302 e. The number of ketones is 1. The van der Waals surface area contributed by atoms with Gasteiger partial charge in [-0.3, -0.25) is 14.5 Å². The summed E-state index contributed by atoms with van der Waals surface area (Å²) in [7, 11) is 3.13. The summed E-state index contributed by atoms with van der Waals surface area (Å²) in [6.07, 6.45) is 0. The van der Waals surface area contributed by atoms with E-state index in [1.165, 1.54) is 16.2 Å². The second-order valence-electron chi connectivity index (χ2n) is 8.13. The number of Topliss-reactive ketones (excluding diaryl/α,β-unsaturated/α-hetero) is 1. The van der Waals surface area contributed by atoms with Gasteiger partial charge in [0.05, 0.1) is 30.0 Å². The summed E-state index contributed by atoms with van der Waals surface area (Å²) in [6, 6.07) is 12.9. The summed E-state index contributed by atoms with van der Waals surface area (Å²) in [6.45, 7) is 3.60. The lowest BCUT2D eigenvalue weighted by atomic mass is 9.98. The second-order valence-corrected chi connectivity index (χ2v) is 9.14. The van der Waals surface area contributed by atoms with Crippen molar-refractivity contribution in [2.45, 2.75) is 19.9 Å². The quantitative estimate of drug-likeness (QED) is 0.234. The van der Waals surface area contributed by atoms with E-state index in [1.807, 2.05) is 13.0 Å². The molecule has 35 heavy (non-hydrogen) atoms. The Morgan fingerprint density at radius 1 is 1.06 bits per heavy atom. The molecular weight excluding hydrogens is 468 g/mol. The first-order valence-electron chi connectivity index (χ1n) is 10.8. The van der Waals surface area contributed by atoms with Gasteiger partial charge >= 0.3 is 5.91 Å². The van der Waals surface area contributed by atoms with E-state index in [0.717, 1.165) is 10.3 Å². The summed E-state index contributed by atoms with van der Waals surface area (Å²) in [5, 5.41) is 11.6. The molecule has 1 aliphatic heterocycles. The third kappa shape index (κ3) is 3.74. The predicted octanol–water partition coefficient (Wildman–Crippen LogP) is 5.15. The molecule has 1 amide bonds. The van der Waals surface area contributed by atoms with Gasteiger partial charge in [-0.2, -0.15) is 0 Å². The molecule has 5 rings (SSSR count). The monoisotopic (exact) mass is 490 g/mol. The average molecular weight is 491 g/mol. The Hall–Kier alpha value is -4.11. The maximum atomic E-state index is 13.3. The van der Waals surface area contributed by atoms with Crippen molar-refractivity contribution in [2.75, 3.05) is 19.1 Å². The number of furan rings is 1. The lowest BCUT2D eigenvalue weighted by Gasteiger charge is -2.20. The fourth-order valence-corrected chi connectivity index (χ4v) is 5.22. The minimum Gasteiger partial charge on any atom is -0.507 e. The lowest BCUT2D eigenvalue weighted by Crippen LogP contribution is -2.29. The van der Waals surface area contributed by atoms with Gasteiger partial charge in [0, 0.05) is 5.56 Å². The van der Waals surface area contributed by atoms with Crippen LogP contribution in [0, 0.1) is 13.8 Å². The Balaban J connectivity index is 1.70. The largest absolute Gasteiger partial charge is 0.507 e. The number of aryl methyl sites for hydroxylation is 2. The Kier molecular flexibility index (Phi) is 5.56. The number of aromatic nitrogens is 1. The predicted molar refractivity (Wildman–Crippen MR) is 132 cm³/mol. The van der Waals surface area contributed by atoms with Gasteiger partial charge < -0.3 is 19.0 Å². The van der Waals surface area contributed by atoms with Crippen LogP contribution < -0.4 is 14.4 Å². The number of aliphatic hydroxyl groups excluding tert-OH is 1. The normalized spacial score (nSPS) is 17.4. The van der Waals surface area contributed by atoms with Gasteiger partial charge in [0.2, 0.25) is 0 Å². The first-order valence-corrected chi connectivity index (χ1v) is 11.6. The first kappa shape index (κ1) is 22.7. The molecule has 0 unspecified atom stereocenters. The Morgan fingerprint density at radius 3 is 2.51 bits per heavy atom. The van der Waals surface area contributed by atoms with Gasteiger partial charge in [-0.1, -0.05) is 11.3 Å². The Labute approximate surface area is 205 Å². The zero-order valence-corrected chi connectivity index (χ0v) is 20.3. The standard InChI is InChI=1S/C26H22N2O6S/c1-13-11-15(6-10-18(13)33-4)23(29)21-22(19-9-5-14(2)34-19)28(25(31)24(21)30)26-27-17-8-7-16(32-3)12-20(17)35-26/h5-12,22,29H,1-4H3/t22-/m0/s1. The molecule has 3 heterocycles. The summed E-state index contributed by atoms with van der Waals surface area (Å²) >= 11 is 1.25. The zero-order valence-electron chi connectivity index (χ0n) is 19.5. The number of ether oxygens (including phenoxy) is 2. The fraction of sp³-hybridized carbons (Fsp3) is 0.192. The summed E-state index contributed by atoms with van der Waals surface area (Å²) in [5.74, 6) is 0.366. The SMILES string of the molecule is COc1ccc2nc(N3C(=O)C(=O)C(=C(O)c4ccc(OC)c(C)c4)[C@@H]3c3ccc(C)o3)sc2c1. The van der Waals surface area contributed by atoms with E-state index in [1.54, 1.807) is 63.6 Å². The van der Waals surface area contributed by atoms with E-state index in [0.29, 0.717) is 39.2 Å². The molecule has 1 atom stereocenters. The number of anilines is 1. The summed E-state index contributed by atoms with van der Waals surface area (Å²) in [4.78, 5) is 32.5. The van der Waals surface area contributed by atoms with Crippen LogP contribution in [0.5, 0.6) is 11.5 Å². The smallest absolute Gasteiger partial charge is 0.302 e. The van der Waals surface area contributed by atoms with Gasteiger partial charge in [-0.05, 0) is 67.9 Å². The number of aliphatic hydroxyl groups is 1. The topological polar surface area (TPSA) is 102 Å². The van der Waals surface area contributed by atoms with Crippen molar-refractivity contribution in [3.63, 3.8) is 0 Å². The molecule has 178 valence electrons. The third-order valence-electron chi connectivity index (χ3n) is 5.93. The highest BCUT2D eigenvalue weighted by atomic mass is 32.1. The van der Waals surface area contributed by atoms with Crippen molar-refractivity contribution < 1.29 is 28.6 Å². The lowest BCUT2D eigenvalue weighted by molar-refractivity contribution is -0.132. The van der Waals surface area contributed by atoms with Crippen molar-refractivity contribution in [3.05, 3.63) is 76.8 Å². The maximum absolute atomic E-state index is 13.3. The molecule has 1 fully saturated rings. The third-order valence-corrected chi connectivity index (χ3v) is 6.95. The molecule has 2 aromatic heterocycles. The van der Waals surface area contributed by atoms with Gasteiger partial charge in [-0.15, -0.1) is 0 Å². The van der Waals surface area contributed by atoms with Crippen LogP contribution in [0.15, 0.2) is 58.5 Å². The zero-order chi connectivity index (χ0) is 24.9. The number of nitrogens with zero attached hydrogens (tertiary/aromatic N) is 2. The first-order chi connectivity index (χ1) is 16.8. The highest BCUT2D eigenvalue weighted by molar-refractivity contribution is 7.22. The molecule has 1 N–H and O–H groups in total. The second kappa shape index (κ2) is 8.59. The molecule has 8 nitrogen and oxygen atoms in total. The molecule has 0 spiro atoms. The van der Waals surface area contributed by atoms with E-state index in [2.05, 4.69) is 4.98 Å². The molecular formula is C26H22N2O6S. The van der Waals surface area contributed by atoms with Crippen molar-refractivity contribution in [1.29, 1.82) is 0 Å². The van der Waals surface area contributed by atoms with E-state index < -0.39 is 17.7 Å². The number of thiazole rings is 1. The average Bonchev–Trinajstić information content (AvgIpc) is 3.53. The molecule has 0 saturated carbocycles. The van der Waals surface area contributed by atoms with Crippen LogP contribution in [-0.2, 0) is 9.59 Å². The van der Waals surface area contributed by atoms with E-state index in [4.69, 9.17) is 13.9 Å². The van der Waals surface area contributed by atoms with Crippen molar-refractivity contribution >= 4 is 44.1 Å². The van der Waals surface area contributed by atoms with Crippen LogP contribution in [0.2, 0.25) is 0 Å². The highest BCUT2D eigenvalue weighted by Gasteiger charge is 2.49. The molecule has 1 aliphatic rings. The van der Waals surface area contributed by atoms with E-state index in [9.17, 15) is 14.7 Å². The van der Waals surface area contributed by atoms with Gasteiger partial charge in [0.25, 0.3) is 5.78 Å². The Bertz CT molecular complexity index is 1520. The number of amides is 1. The number of rotatable bonds is 5. The van der Waals surface area contributed by atoms with E-state index >= 15 is 0 Å². The number of carbonyl (C=O) groups is 2. The van der Waals surface area contributed by atoms with Crippen molar-refractivity contribution in [1.82, 2.24) is 4.98 Å². The number of methoxy groups -OCH3 is 2. The fourth-order valence-electron chi connectivity index (χ4n) is 4.20. The minimum atomic E-state index is -0.978. The molecule has 4 aromatic rings. The Morgan fingerprint density at radius 2 is 1.86 bits per heavy atom. The molecule has 0 radical (unpaired) electrons. The van der Waals surface area contributed by atoms with Crippen LogP contribution in [0.4, 0.5) is 5.13 Å². The molecule has 1 saturated heterocycles. The van der Waals surface area contributed by atoms with Crippen LogP contribution >= 0.6 is 11.3 Å². The molecule has 0 bridgehead atoms. The van der Waals surface area contributed by atoms with Crippen LogP contribution in [0.25, 0.3) is 16.0 Å². The number of hydrogen-bond donors (Lipinski definition) is 1. The number of fused-ring (bicyclic) bond motifs is 1. The van der Waals surface area contributed by atoms with Crippen molar-refractivity contribution in [3.8, 4) is 11.5 Å². The summed E-state index contributed by atoms with van der Waals surface area (Å²) in [5.41, 5.74) is 1.76. The summed E-state index contributed by atoms with van der Waals surface area (Å²) < 4.78 is 17.2. The number of benzene rings is 2. The van der Waals surface area contributed by atoms with Crippen LogP contribution in [0.3, 0.4) is 0 Å². The van der Waals surface area contributed by atoms with Gasteiger partial charge in [0.15, 0.2) is 5.13 Å². The van der Waals surface area contributed by atoms with E-state index in [-0.39, 0.29) is 11.3 Å². The van der Waals surface area contributed by atoms with Crippen LogP contribution in [0.1, 0.15) is 28.7 Å². The highest BCUT2D eigenvalue weighted by Crippen LogP contribution is 2.45. The number of hydrogen-bond acceptors (Lipinski definition) is 8. The molecule has 9 heteroatoms. The van der Waals surface area contributed by atoms with Gasteiger partial charge in [0.1, 0.15) is 34.8 Å². The van der Waals surface area contributed by atoms with Gasteiger partial charge in [-0.25, -0.2) is 4.98 Å².